The summed E-state index contributed by atoms with van der Waals surface area (Å²) in [5.74, 6) is 0.798. The maximum absolute atomic E-state index is 5.96. The number of aliphatic imine (C=N–C) groups is 1. The smallest absolute Gasteiger partial charge is 0.191 e. The minimum absolute atomic E-state index is 0.714. The molecule has 0 aromatic rings. The molecular weight excluding hydrogens is 162 g/mol. The molecular formula is C10H19N3. The molecule has 0 aromatic heterocycles. The molecule has 0 amide bonds. The highest BCUT2D eigenvalue weighted by Gasteiger charge is 2.40. The molecule has 2 saturated heterocycles. The van der Waals surface area contributed by atoms with Crippen molar-refractivity contribution in [2.45, 2.75) is 51.1 Å². The van der Waals surface area contributed by atoms with Gasteiger partial charge in [-0.15, -0.1) is 0 Å². The lowest BCUT2D eigenvalue weighted by Crippen LogP contribution is -2.40. The van der Waals surface area contributed by atoms with Crippen LogP contribution in [0.15, 0.2) is 4.99 Å². The Morgan fingerprint density at radius 1 is 1.31 bits per heavy atom. The van der Waals surface area contributed by atoms with Crippen molar-refractivity contribution in [2.75, 3.05) is 6.54 Å². The summed E-state index contributed by atoms with van der Waals surface area (Å²) < 4.78 is 0. The topological polar surface area (TPSA) is 41.6 Å². The molecule has 2 aliphatic rings. The van der Waals surface area contributed by atoms with E-state index in [1.54, 1.807) is 0 Å². The van der Waals surface area contributed by atoms with E-state index in [9.17, 15) is 0 Å². The average molecular weight is 181 g/mol. The van der Waals surface area contributed by atoms with Gasteiger partial charge in [0.15, 0.2) is 5.96 Å². The Balaban J connectivity index is 2.00. The lowest BCUT2D eigenvalue weighted by atomic mass is 10.0. The van der Waals surface area contributed by atoms with Gasteiger partial charge in [-0.25, -0.2) is 0 Å². The Kier molecular flexibility index (Phi) is 2.42. The zero-order valence-electron chi connectivity index (χ0n) is 8.37. The highest BCUT2D eigenvalue weighted by atomic mass is 15.3. The van der Waals surface area contributed by atoms with E-state index in [0.717, 1.165) is 18.9 Å². The molecule has 0 unspecified atom stereocenters. The van der Waals surface area contributed by atoms with Crippen LogP contribution in [0.5, 0.6) is 0 Å². The van der Waals surface area contributed by atoms with Gasteiger partial charge in [0, 0.05) is 18.6 Å². The second-order valence-electron chi connectivity index (χ2n) is 4.11. The fourth-order valence-electron chi connectivity index (χ4n) is 2.59. The number of hydrogen-bond donors (Lipinski definition) is 1. The molecule has 2 heterocycles. The average Bonchev–Trinajstić information content (AvgIpc) is 2.73. The van der Waals surface area contributed by atoms with E-state index in [2.05, 4.69) is 16.8 Å². The third-order valence-corrected chi connectivity index (χ3v) is 3.21. The van der Waals surface area contributed by atoms with E-state index in [4.69, 9.17) is 5.73 Å². The lowest BCUT2D eigenvalue weighted by Gasteiger charge is -2.22. The van der Waals surface area contributed by atoms with E-state index in [1.165, 1.54) is 25.7 Å². The van der Waals surface area contributed by atoms with Gasteiger partial charge in [0.25, 0.3) is 0 Å². The van der Waals surface area contributed by atoms with E-state index in [1.807, 2.05) is 0 Å². The maximum atomic E-state index is 5.96. The Morgan fingerprint density at radius 3 is 2.31 bits per heavy atom. The minimum Gasteiger partial charge on any atom is -0.370 e. The number of hydrogen-bond acceptors (Lipinski definition) is 1. The third kappa shape index (κ3) is 1.52. The molecule has 0 radical (unpaired) electrons. The highest BCUT2D eigenvalue weighted by molar-refractivity contribution is 5.79. The van der Waals surface area contributed by atoms with Gasteiger partial charge in [0.05, 0.1) is 0 Å². The van der Waals surface area contributed by atoms with Crippen molar-refractivity contribution in [1.82, 2.24) is 4.90 Å². The van der Waals surface area contributed by atoms with Crippen LogP contribution in [-0.2, 0) is 0 Å². The van der Waals surface area contributed by atoms with Gasteiger partial charge in [-0.3, -0.25) is 4.99 Å². The van der Waals surface area contributed by atoms with Crippen molar-refractivity contribution in [2.24, 2.45) is 10.7 Å². The van der Waals surface area contributed by atoms with Gasteiger partial charge >= 0.3 is 0 Å². The molecule has 3 nitrogen and oxygen atoms in total. The van der Waals surface area contributed by atoms with E-state index in [-0.39, 0.29) is 0 Å². The van der Waals surface area contributed by atoms with Crippen molar-refractivity contribution in [3.8, 4) is 0 Å². The largest absolute Gasteiger partial charge is 0.370 e. The molecule has 3 heteroatoms. The van der Waals surface area contributed by atoms with Crippen LogP contribution in [0.1, 0.15) is 39.0 Å². The fourth-order valence-corrected chi connectivity index (χ4v) is 2.59. The number of fused-ring (bicyclic) bond motifs is 2. The predicted molar refractivity (Wildman–Crippen MR) is 54.7 cm³/mol. The summed E-state index contributed by atoms with van der Waals surface area (Å²) >= 11 is 0. The van der Waals surface area contributed by atoms with Crippen molar-refractivity contribution in [3.05, 3.63) is 0 Å². The quantitative estimate of drug-likeness (QED) is 0.516. The molecule has 74 valence electrons. The second-order valence-corrected chi connectivity index (χ2v) is 4.11. The summed E-state index contributed by atoms with van der Waals surface area (Å²) in [5.41, 5.74) is 5.96. The molecule has 0 aliphatic carbocycles. The summed E-state index contributed by atoms with van der Waals surface area (Å²) in [6.45, 7) is 3.01. The molecule has 2 aliphatic heterocycles. The van der Waals surface area contributed by atoms with Gasteiger partial charge in [0.1, 0.15) is 0 Å². The van der Waals surface area contributed by atoms with Crippen LogP contribution < -0.4 is 5.73 Å². The molecule has 0 aromatic carbocycles. The molecule has 2 rings (SSSR count). The maximum Gasteiger partial charge on any atom is 0.191 e. The Labute approximate surface area is 80.0 Å². The molecule has 13 heavy (non-hydrogen) atoms. The number of guanidine groups is 1. The molecule has 2 bridgehead atoms. The second kappa shape index (κ2) is 3.56. The molecule has 2 N–H and O–H groups in total. The number of nitrogens with zero attached hydrogens (tertiary/aromatic N) is 2. The first-order valence-electron chi connectivity index (χ1n) is 5.41. The summed E-state index contributed by atoms with van der Waals surface area (Å²) in [6, 6.07) is 1.43. The fraction of sp³-hybridized carbons (Fsp3) is 0.900. The summed E-state index contributed by atoms with van der Waals surface area (Å²) in [4.78, 5) is 6.74. The predicted octanol–water partition coefficient (Wildman–Crippen LogP) is 1.34. The van der Waals surface area contributed by atoms with E-state index in [0.29, 0.717) is 12.1 Å². The zero-order chi connectivity index (χ0) is 9.26. The van der Waals surface area contributed by atoms with Crippen LogP contribution >= 0.6 is 0 Å². The van der Waals surface area contributed by atoms with Gasteiger partial charge in [-0.1, -0.05) is 6.92 Å². The monoisotopic (exact) mass is 181 g/mol. The summed E-state index contributed by atoms with van der Waals surface area (Å²) in [5, 5.41) is 0. The van der Waals surface area contributed by atoms with Crippen LogP contribution in [0.3, 0.4) is 0 Å². The van der Waals surface area contributed by atoms with Crippen LogP contribution in [0.2, 0.25) is 0 Å². The molecule has 0 saturated carbocycles. The number of rotatable bonds is 2. The van der Waals surface area contributed by atoms with Gasteiger partial charge in [0.2, 0.25) is 0 Å². The summed E-state index contributed by atoms with van der Waals surface area (Å²) in [7, 11) is 0. The zero-order valence-corrected chi connectivity index (χ0v) is 8.37. The van der Waals surface area contributed by atoms with Crippen LogP contribution in [0.4, 0.5) is 0 Å². The Morgan fingerprint density at radius 2 is 1.85 bits per heavy atom. The molecule has 0 spiro atoms. The normalized spacial score (nSPS) is 33.0. The molecule has 0 atom stereocenters. The first-order chi connectivity index (χ1) is 6.33. The van der Waals surface area contributed by atoms with Crippen LogP contribution in [-0.4, -0.2) is 29.5 Å². The van der Waals surface area contributed by atoms with Crippen LogP contribution in [0.25, 0.3) is 0 Å². The standard InChI is InChI=1S/C10H19N3/c1-2-7-12-10(11)13-8-3-4-9(13)6-5-8/h8-9H,2-7H2,1H3,(H2,11,12). The third-order valence-electron chi connectivity index (χ3n) is 3.21. The van der Waals surface area contributed by atoms with Crippen molar-refractivity contribution >= 4 is 5.96 Å². The Bertz CT molecular complexity index is 192. The molecule has 2 fully saturated rings. The van der Waals surface area contributed by atoms with Crippen molar-refractivity contribution < 1.29 is 0 Å². The minimum atomic E-state index is 0.714. The van der Waals surface area contributed by atoms with Crippen molar-refractivity contribution in [3.63, 3.8) is 0 Å². The van der Waals surface area contributed by atoms with Gasteiger partial charge in [-0.2, -0.15) is 0 Å². The first kappa shape index (κ1) is 8.85. The Hall–Kier alpha value is -0.730. The van der Waals surface area contributed by atoms with Crippen molar-refractivity contribution in [1.29, 1.82) is 0 Å². The van der Waals surface area contributed by atoms with Crippen LogP contribution in [0, 0.1) is 0 Å². The first-order valence-corrected chi connectivity index (χ1v) is 5.41. The SMILES string of the molecule is CCCN=C(N)N1C2CCC1CC2. The number of nitrogens with two attached hydrogens (primary N) is 1. The van der Waals surface area contributed by atoms with Gasteiger partial charge in [-0.05, 0) is 32.1 Å². The highest BCUT2D eigenvalue weighted by Crippen LogP contribution is 2.36. The lowest BCUT2D eigenvalue weighted by molar-refractivity contribution is 0.393. The van der Waals surface area contributed by atoms with E-state index < -0.39 is 0 Å². The van der Waals surface area contributed by atoms with Gasteiger partial charge < -0.3 is 10.6 Å². The van der Waals surface area contributed by atoms with E-state index >= 15 is 0 Å². The summed E-state index contributed by atoms with van der Waals surface area (Å²) in [6.07, 6.45) is 6.39.